The summed E-state index contributed by atoms with van der Waals surface area (Å²) in [4.78, 5) is 9.07. The van der Waals surface area contributed by atoms with E-state index in [0.29, 0.717) is 0 Å². The standard InChI is InChI=1S/C32H20N2/c1-3-7-23-17-25(11-9-21(23)5-1)31-27-13-15-34-20-30(27)32(28-14-16-33-19-29(28)31)26-12-10-22-6-2-4-8-24(22)18-26/h1-20H. The van der Waals surface area contributed by atoms with E-state index in [1.807, 2.05) is 24.8 Å². The molecular formula is C32H20N2. The average Bonchev–Trinajstić information content (AvgIpc) is 2.91. The molecule has 0 amide bonds. The SMILES string of the molecule is c1ccc2cc(-c3c4ccncc4c(-c4ccc5ccccc5c4)c4ccncc34)ccc2c1. The third kappa shape index (κ3) is 2.89. The van der Waals surface area contributed by atoms with Crippen molar-refractivity contribution >= 4 is 43.1 Å². The van der Waals surface area contributed by atoms with Crippen LogP contribution in [-0.4, -0.2) is 9.97 Å². The first-order chi connectivity index (χ1) is 16.9. The van der Waals surface area contributed by atoms with Gasteiger partial charge in [-0.3, -0.25) is 9.97 Å². The topological polar surface area (TPSA) is 25.8 Å². The largest absolute Gasteiger partial charge is 0.264 e. The minimum atomic E-state index is 1.15. The number of benzene rings is 5. The summed E-state index contributed by atoms with van der Waals surface area (Å²) in [6.45, 7) is 0. The summed E-state index contributed by atoms with van der Waals surface area (Å²) in [6.07, 6.45) is 7.78. The predicted molar refractivity (Wildman–Crippen MR) is 143 cm³/mol. The first-order valence-corrected chi connectivity index (χ1v) is 11.5. The van der Waals surface area contributed by atoms with Crippen LogP contribution >= 0.6 is 0 Å². The Bertz CT molecular complexity index is 1670. The molecular weight excluding hydrogens is 412 g/mol. The van der Waals surface area contributed by atoms with Gasteiger partial charge < -0.3 is 0 Å². The van der Waals surface area contributed by atoms with Crippen molar-refractivity contribution in [3.8, 4) is 22.3 Å². The van der Waals surface area contributed by atoms with Crippen molar-refractivity contribution in [2.75, 3.05) is 0 Å². The van der Waals surface area contributed by atoms with Gasteiger partial charge in [0.15, 0.2) is 0 Å². The zero-order chi connectivity index (χ0) is 22.5. The second kappa shape index (κ2) is 7.50. The monoisotopic (exact) mass is 432 g/mol. The van der Waals surface area contributed by atoms with E-state index in [9.17, 15) is 0 Å². The predicted octanol–water partition coefficient (Wildman–Crippen LogP) is 8.42. The van der Waals surface area contributed by atoms with Crippen molar-refractivity contribution in [3.63, 3.8) is 0 Å². The zero-order valence-electron chi connectivity index (χ0n) is 18.4. The van der Waals surface area contributed by atoms with Crippen molar-refractivity contribution in [3.05, 3.63) is 122 Å². The van der Waals surface area contributed by atoms with Gasteiger partial charge in [0.25, 0.3) is 0 Å². The molecule has 5 aromatic carbocycles. The van der Waals surface area contributed by atoms with E-state index >= 15 is 0 Å². The van der Waals surface area contributed by atoms with E-state index in [1.165, 1.54) is 54.6 Å². The van der Waals surface area contributed by atoms with Crippen LogP contribution in [0.1, 0.15) is 0 Å². The van der Waals surface area contributed by atoms with Crippen LogP contribution in [0.15, 0.2) is 122 Å². The van der Waals surface area contributed by atoms with Crippen LogP contribution in [0.4, 0.5) is 0 Å². The van der Waals surface area contributed by atoms with Gasteiger partial charge in [-0.15, -0.1) is 0 Å². The van der Waals surface area contributed by atoms with Gasteiger partial charge in [-0.1, -0.05) is 72.8 Å². The Labute approximate surface area is 197 Å². The molecule has 0 radical (unpaired) electrons. The third-order valence-corrected chi connectivity index (χ3v) is 6.80. The molecule has 0 bridgehead atoms. The van der Waals surface area contributed by atoms with Crippen LogP contribution in [0.25, 0.3) is 65.3 Å². The maximum Gasteiger partial charge on any atom is 0.0353 e. The number of aromatic nitrogens is 2. The lowest BCUT2D eigenvalue weighted by molar-refractivity contribution is 1.35. The molecule has 2 aromatic heterocycles. The highest BCUT2D eigenvalue weighted by atomic mass is 14.6. The van der Waals surface area contributed by atoms with Crippen LogP contribution in [-0.2, 0) is 0 Å². The van der Waals surface area contributed by atoms with E-state index in [4.69, 9.17) is 0 Å². The van der Waals surface area contributed by atoms with Gasteiger partial charge in [-0.25, -0.2) is 0 Å². The van der Waals surface area contributed by atoms with Crippen molar-refractivity contribution in [2.45, 2.75) is 0 Å². The Morgan fingerprint density at radius 3 is 1.29 bits per heavy atom. The van der Waals surface area contributed by atoms with Gasteiger partial charge in [0.05, 0.1) is 0 Å². The number of hydrogen-bond acceptors (Lipinski definition) is 2. The maximum atomic E-state index is 4.54. The molecule has 0 N–H and O–H groups in total. The van der Waals surface area contributed by atoms with Crippen LogP contribution in [0.2, 0.25) is 0 Å². The van der Waals surface area contributed by atoms with Crippen molar-refractivity contribution in [1.29, 1.82) is 0 Å². The summed E-state index contributed by atoms with van der Waals surface area (Å²) in [5, 5.41) is 9.64. The van der Waals surface area contributed by atoms with Gasteiger partial charge in [-0.05, 0) is 78.8 Å². The molecule has 0 fully saturated rings. The van der Waals surface area contributed by atoms with Gasteiger partial charge in [-0.2, -0.15) is 0 Å². The van der Waals surface area contributed by atoms with Crippen LogP contribution < -0.4 is 0 Å². The van der Waals surface area contributed by atoms with Crippen LogP contribution in [0.3, 0.4) is 0 Å². The summed E-state index contributed by atoms with van der Waals surface area (Å²) >= 11 is 0. The van der Waals surface area contributed by atoms with E-state index in [1.54, 1.807) is 0 Å². The minimum Gasteiger partial charge on any atom is -0.264 e. The first kappa shape index (κ1) is 19.0. The Hall–Kier alpha value is -4.56. The molecule has 34 heavy (non-hydrogen) atoms. The van der Waals surface area contributed by atoms with Gasteiger partial charge in [0.1, 0.15) is 0 Å². The Morgan fingerprint density at radius 2 is 0.824 bits per heavy atom. The number of hydrogen-bond donors (Lipinski definition) is 0. The lowest BCUT2D eigenvalue weighted by Crippen LogP contribution is -1.92. The van der Waals surface area contributed by atoms with Crippen LogP contribution in [0, 0.1) is 0 Å². The second-order valence-electron chi connectivity index (χ2n) is 8.72. The van der Waals surface area contributed by atoms with E-state index in [0.717, 1.165) is 10.8 Å². The maximum absolute atomic E-state index is 4.54. The molecule has 0 aliphatic heterocycles. The summed E-state index contributed by atoms with van der Waals surface area (Å²) < 4.78 is 0. The zero-order valence-corrected chi connectivity index (χ0v) is 18.4. The van der Waals surface area contributed by atoms with E-state index < -0.39 is 0 Å². The number of nitrogens with zero attached hydrogens (tertiary/aromatic N) is 2. The Morgan fingerprint density at radius 1 is 0.382 bits per heavy atom. The van der Waals surface area contributed by atoms with Crippen molar-refractivity contribution in [1.82, 2.24) is 9.97 Å². The van der Waals surface area contributed by atoms with Gasteiger partial charge in [0.2, 0.25) is 0 Å². The molecule has 7 aromatic rings. The highest BCUT2D eigenvalue weighted by Gasteiger charge is 2.17. The molecule has 0 saturated carbocycles. The van der Waals surface area contributed by atoms with Crippen LogP contribution in [0.5, 0.6) is 0 Å². The summed E-state index contributed by atoms with van der Waals surface area (Å²) in [5.74, 6) is 0. The molecule has 0 aliphatic rings. The molecule has 2 heterocycles. The Balaban J connectivity index is 1.61. The fourth-order valence-corrected chi connectivity index (χ4v) is 5.23. The van der Waals surface area contributed by atoms with E-state index in [2.05, 4.69) is 107 Å². The molecule has 2 heteroatoms. The average molecular weight is 433 g/mol. The van der Waals surface area contributed by atoms with Gasteiger partial charge >= 0.3 is 0 Å². The van der Waals surface area contributed by atoms with Crippen molar-refractivity contribution in [2.24, 2.45) is 0 Å². The minimum absolute atomic E-state index is 1.15. The second-order valence-corrected chi connectivity index (χ2v) is 8.72. The molecule has 0 aliphatic carbocycles. The third-order valence-electron chi connectivity index (χ3n) is 6.80. The fraction of sp³-hybridized carbons (Fsp3) is 0. The molecule has 158 valence electrons. The summed E-state index contributed by atoms with van der Waals surface area (Å²) in [6, 6.07) is 34.7. The van der Waals surface area contributed by atoms with E-state index in [-0.39, 0.29) is 0 Å². The lowest BCUT2D eigenvalue weighted by atomic mass is 9.86. The molecule has 0 atom stereocenters. The molecule has 7 rings (SSSR count). The van der Waals surface area contributed by atoms with Crippen molar-refractivity contribution < 1.29 is 0 Å². The Kier molecular flexibility index (Phi) is 4.18. The highest BCUT2D eigenvalue weighted by Crippen LogP contribution is 2.43. The quantitative estimate of drug-likeness (QED) is 0.256. The first-order valence-electron chi connectivity index (χ1n) is 11.5. The summed E-state index contributed by atoms with van der Waals surface area (Å²) in [5.41, 5.74) is 4.79. The highest BCUT2D eigenvalue weighted by molar-refractivity contribution is 6.21. The smallest absolute Gasteiger partial charge is 0.0353 e. The number of fused-ring (bicyclic) bond motifs is 4. The lowest BCUT2D eigenvalue weighted by Gasteiger charge is -2.17. The fourth-order valence-electron chi connectivity index (χ4n) is 5.23. The molecule has 2 nitrogen and oxygen atoms in total. The summed E-state index contributed by atoms with van der Waals surface area (Å²) in [7, 11) is 0. The normalized spacial score (nSPS) is 11.5. The molecule has 0 unspecified atom stereocenters. The number of pyridine rings is 2. The molecule has 0 saturated heterocycles. The number of rotatable bonds is 2. The molecule has 0 spiro atoms. The van der Waals surface area contributed by atoms with Gasteiger partial charge in [0, 0.05) is 35.6 Å².